The number of hydrogen-bond acceptors (Lipinski definition) is 0. The number of rotatable bonds is 2. The van der Waals surface area contributed by atoms with Gasteiger partial charge < -0.3 is 0 Å². The molecule has 0 N–H and O–H groups in total. The molecule has 0 aliphatic heterocycles. The molecule has 61 valence electrons. The van der Waals surface area contributed by atoms with Crippen LogP contribution in [0, 0.1) is 6.43 Å². The van der Waals surface area contributed by atoms with Crippen molar-refractivity contribution < 1.29 is 17.6 Å². The van der Waals surface area contributed by atoms with Crippen LogP contribution in [0.1, 0.15) is 0 Å². The third-order valence-electron chi connectivity index (χ3n) is 0.593. The Morgan fingerprint density at radius 2 is 1.30 bits per heavy atom. The Bertz CT molecular complexity index is 117. The molecule has 0 saturated carbocycles. The third kappa shape index (κ3) is 2.04. The van der Waals surface area contributed by atoms with Gasteiger partial charge >= 0.3 is 11.8 Å². The van der Waals surface area contributed by atoms with Crippen molar-refractivity contribution in [2.45, 2.75) is 9.72 Å². The lowest BCUT2D eigenvalue weighted by molar-refractivity contribution is 0.0468. The van der Waals surface area contributed by atoms with Gasteiger partial charge in [-0.2, -0.15) is 17.6 Å². The van der Waals surface area contributed by atoms with Gasteiger partial charge in [0, 0.05) is 0 Å². The molecule has 10 heavy (non-hydrogen) atoms. The van der Waals surface area contributed by atoms with Crippen LogP contribution in [-0.4, -0.2) is 9.72 Å². The van der Waals surface area contributed by atoms with Crippen molar-refractivity contribution >= 4 is 34.8 Å². The zero-order chi connectivity index (χ0) is 8.58. The average Bonchev–Trinajstić information content (AvgIpc) is 1.62. The molecule has 0 unspecified atom stereocenters. The Balaban J connectivity index is 4.40. The van der Waals surface area contributed by atoms with Crippen molar-refractivity contribution in [2.24, 2.45) is 0 Å². The maximum Gasteiger partial charge on any atom is 0.360 e. The first kappa shape index (κ1) is 10.6. The Labute approximate surface area is 69.0 Å². The fraction of sp³-hybridized carbons (Fsp3) is 0.667. The summed E-state index contributed by atoms with van der Waals surface area (Å²) in [6, 6.07) is 0. The van der Waals surface area contributed by atoms with Gasteiger partial charge in [0.25, 0.3) is 4.33 Å². The molecule has 0 atom stereocenters. The molecule has 0 saturated heterocycles. The van der Waals surface area contributed by atoms with Gasteiger partial charge in [0.1, 0.15) is 0 Å². The second kappa shape index (κ2) is 2.91. The summed E-state index contributed by atoms with van der Waals surface area (Å²) in [5, 5.41) is -4.37. The molecule has 0 amide bonds. The minimum Gasteiger partial charge on any atom is -0.196 e. The zero-order valence-corrected chi connectivity index (χ0v) is 6.41. The fourth-order valence-electron chi connectivity index (χ4n) is 0.107. The molecule has 0 spiro atoms. The van der Waals surface area contributed by atoms with Crippen molar-refractivity contribution in [1.29, 1.82) is 0 Å². The molecule has 1 radical (unpaired) electrons. The van der Waals surface area contributed by atoms with Gasteiger partial charge in [-0.05, 0) is 11.6 Å². The molecule has 0 aromatic heterocycles. The van der Waals surface area contributed by atoms with E-state index < -0.39 is 16.1 Å². The van der Waals surface area contributed by atoms with E-state index in [1.54, 1.807) is 0 Å². The minimum atomic E-state index is -4.37. The van der Waals surface area contributed by atoms with Crippen molar-refractivity contribution in [3.63, 3.8) is 0 Å². The monoisotopic (exact) mass is 217 g/mol. The molecule has 0 bridgehead atoms. The van der Waals surface area contributed by atoms with Gasteiger partial charge in [0.15, 0.2) is 0 Å². The summed E-state index contributed by atoms with van der Waals surface area (Å²) in [6.45, 7) is 0. The van der Waals surface area contributed by atoms with E-state index in [-0.39, 0.29) is 0 Å². The molecule has 0 heterocycles. The molecule has 0 nitrogen and oxygen atoms in total. The lowest BCUT2D eigenvalue weighted by atomic mass is 10.4. The Morgan fingerprint density at radius 1 is 1.00 bits per heavy atom. The first-order chi connectivity index (χ1) is 4.19. The highest BCUT2D eigenvalue weighted by molar-refractivity contribution is 6.53. The van der Waals surface area contributed by atoms with Crippen LogP contribution >= 0.6 is 34.8 Å². The predicted molar refractivity (Wildman–Crippen MR) is 30.7 cm³/mol. The molecule has 0 fully saturated rings. The summed E-state index contributed by atoms with van der Waals surface area (Å²) in [6.07, 6.45) is -2.84. The first-order valence-electron chi connectivity index (χ1n) is 1.82. The van der Waals surface area contributed by atoms with Gasteiger partial charge in [-0.15, -0.1) is 0 Å². The second-order valence-electron chi connectivity index (χ2n) is 1.33. The summed E-state index contributed by atoms with van der Waals surface area (Å²) >= 11 is 13.0. The van der Waals surface area contributed by atoms with E-state index in [1.807, 2.05) is 0 Å². The van der Waals surface area contributed by atoms with E-state index in [0.29, 0.717) is 0 Å². The van der Waals surface area contributed by atoms with Crippen LogP contribution < -0.4 is 0 Å². The molecule has 0 aliphatic carbocycles. The van der Waals surface area contributed by atoms with Crippen molar-refractivity contribution in [3.05, 3.63) is 6.43 Å². The Kier molecular flexibility index (Phi) is 3.08. The molecule has 0 aliphatic rings. The summed E-state index contributed by atoms with van der Waals surface area (Å²) in [4.78, 5) is 0. The van der Waals surface area contributed by atoms with Crippen LogP contribution in [0.2, 0.25) is 0 Å². The van der Waals surface area contributed by atoms with Gasteiger partial charge in [-0.1, -0.05) is 23.2 Å². The molecule has 0 aromatic rings. The lowest BCUT2D eigenvalue weighted by Crippen LogP contribution is -2.35. The lowest BCUT2D eigenvalue weighted by Gasteiger charge is -2.21. The largest absolute Gasteiger partial charge is 0.360 e. The van der Waals surface area contributed by atoms with Gasteiger partial charge in [0.05, 0.1) is 0 Å². The number of hydrogen-bond donors (Lipinski definition) is 0. The van der Waals surface area contributed by atoms with E-state index in [9.17, 15) is 17.6 Å². The molecule has 7 heteroatoms. The second-order valence-corrected chi connectivity index (χ2v) is 3.13. The highest BCUT2D eigenvalue weighted by Gasteiger charge is 2.58. The van der Waals surface area contributed by atoms with Crippen LogP contribution in [-0.2, 0) is 0 Å². The summed E-state index contributed by atoms with van der Waals surface area (Å²) < 4.78 is 42.7. The van der Waals surface area contributed by atoms with E-state index in [4.69, 9.17) is 0 Å². The highest BCUT2D eigenvalue weighted by atomic mass is 35.5. The van der Waals surface area contributed by atoms with Crippen LogP contribution in [0.15, 0.2) is 0 Å². The Morgan fingerprint density at radius 3 is 1.30 bits per heavy atom. The molecule has 0 rings (SSSR count). The van der Waals surface area contributed by atoms with Crippen LogP contribution in [0.3, 0.4) is 0 Å². The molecular formula is C3Cl3F4. The first-order valence-corrected chi connectivity index (χ1v) is 2.96. The van der Waals surface area contributed by atoms with E-state index in [1.165, 1.54) is 0 Å². The summed E-state index contributed by atoms with van der Waals surface area (Å²) in [5.74, 6) is 0. The maximum absolute atomic E-state index is 11.8. The van der Waals surface area contributed by atoms with Crippen LogP contribution in [0.4, 0.5) is 17.6 Å². The smallest absolute Gasteiger partial charge is 0.196 e. The quantitative estimate of drug-likeness (QED) is 0.492. The normalized spacial score (nSPS) is 14.4. The van der Waals surface area contributed by atoms with Crippen molar-refractivity contribution in [3.8, 4) is 0 Å². The molecular weight excluding hydrogens is 218 g/mol. The number of alkyl halides is 5. The van der Waals surface area contributed by atoms with Crippen molar-refractivity contribution in [1.82, 2.24) is 0 Å². The van der Waals surface area contributed by atoms with E-state index in [0.717, 1.165) is 0 Å². The van der Waals surface area contributed by atoms with Gasteiger partial charge in [-0.3, -0.25) is 0 Å². The SMILES string of the molecule is F[C](F)C(Cl)(Cl)C(F)(F)Cl. The summed E-state index contributed by atoms with van der Waals surface area (Å²) in [7, 11) is 0. The third-order valence-corrected chi connectivity index (χ3v) is 1.83. The zero-order valence-electron chi connectivity index (χ0n) is 4.15. The van der Waals surface area contributed by atoms with E-state index in [2.05, 4.69) is 34.8 Å². The average molecular weight is 218 g/mol. The minimum absolute atomic E-state index is 2.84. The number of halogens is 7. The van der Waals surface area contributed by atoms with E-state index >= 15 is 0 Å². The van der Waals surface area contributed by atoms with Crippen LogP contribution in [0.5, 0.6) is 0 Å². The fourth-order valence-corrected chi connectivity index (χ4v) is 0.179. The highest BCUT2D eigenvalue weighted by Crippen LogP contribution is 2.48. The molecule has 0 aromatic carbocycles. The van der Waals surface area contributed by atoms with Crippen molar-refractivity contribution in [2.75, 3.05) is 0 Å². The summed E-state index contributed by atoms with van der Waals surface area (Å²) in [5.41, 5.74) is 0. The predicted octanol–water partition coefficient (Wildman–Crippen LogP) is 3.42. The Hall–Kier alpha value is 0.590. The van der Waals surface area contributed by atoms with Gasteiger partial charge in [-0.25, -0.2) is 0 Å². The standard InChI is InChI=1S/C3Cl3F4/c4-2(5,1(7)8)3(6,9)10. The maximum atomic E-state index is 11.8. The topological polar surface area (TPSA) is 0 Å². The van der Waals surface area contributed by atoms with Crippen LogP contribution in [0.25, 0.3) is 0 Å². The van der Waals surface area contributed by atoms with Gasteiger partial charge in [0.2, 0.25) is 0 Å².